The molecule has 1 heterocycles. The van der Waals surface area contributed by atoms with Gasteiger partial charge in [0, 0.05) is 35.6 Å². The molecular formula is C27H27FN2O. The summed E-state index contributed by atoms with van der Waals surface area (Å²) < 4.78 is 16.2. The van der Waals surface area contributed by atoms with Crippen molar-refractivity contribution >= 4 is 16.8 Å². The maximum Gasteiger partial charge on any atom is 0.220 e. The zero-order chi connectivity index (χ0) is 21.6. The van der Waals surface area contributed by atoms with Crippen LogP contribution >= 0.6 is 0 Å². The predicted octanol–water partition coefficient (Wildman–Crippen LogP) is 5.78. The Hall–Kier alpha value is -3.40. The highest BCUT2D eigenvalue weighted by Crippen LogP contribution is 2.24. The van der Waals surface area contributed by atoms with Crippen LogP contribution in [0.2, 0.25) is 0 Å². The molecule has 3 aromatic carbocycles. The lowest BCUT2D eigenvalue weighted by molar-refractivity contribution is -0.121. The van der Waals surface area contributed by atoms with E-state index in [9.17, 15) is 9.18 Å². The van der Waals surface area contributed by atoms with Crippen molar-refractivity contribution in [2.24, 2.45) is 0 Å². The molecule has 0 unspecified atom stereocenters. The van der Waals surface area contributed by atoms with Crippen molar-refractivity contribution < 1.29 is 9.18 Å². The average Bonchev–Trinajstić information content (AvgIpc) is 3.12. The van der Waals surface area contributed by atoms with Crippen LogP contribution in [0, 0.1) is 12.7 Å². The van der Waals surface area contributed by atoms with E-state index in [1.54, 1.807) is 6.07 Å². The van der Waals surface area contributed by atoms with Crippen molar-refractivity contribution in [2.75, 3.05) is 0 Å². The molecule has 31 heavy (non-hydrogen) atoms. The number of hydrogen-bond acceptors (Lipinski definition) is 1. The fourth-order valence-corrected chi connectivity index (χ4v) is 4.01. The van der Waals surface area contributed by atoms with E-state index in [4.69, 9.17) is 0 Å². The number of hydrogen-bond donors (Lipinski definition) is 1. The van der Waals surface area contributed by atoms with Gasteiger partial charge in [0.05, 0.1) is 6.54 Å². The maximum absolute atomic E-state index is 14.1. The maximum atomic E-state index is 14.1. The van der Waals surface area contributed by atoms with Crippen molar-refractivity contribution in [1.29, 1.82) is 0 Å². The summed E-state index contributed by atoms with van der Waals surface area (Å²) in [6.45, 7) is 3.10. The van der Waals surface area contributed by atoms with Crippen LogP contribution < -0.4 is 5.32 Å². The fraction of sp³-hybridized carbons (Fsp3) is 0.222. The molecule has 0 atom stereocenters. The van der Waals surface area contributed by atoms with Gasteiger partial charge in [0.25, 0.3) is 0 Å². The van der Waals surface area contributed by atoms with Gasteiger partial charge in [-0.15, -0.1) is 0 Å². The third-order valence-electron chi connectivity index (χ3n) is 5.59. The molecule has 0 aliphatic heterocycles. The van der Waals surface area contributed by atoms with Gasteiger partial charge in [-0.05, 0) is 43.0 Å². The van der Waals surface area contributed by atoms with Crippen molar-refractivity contribution in [2.45, 2.75) is 39.3 Å². The molecule has 0 saturated heterocycles. The standard InChI is InChI=1S/C27H27FN2O/c1-20-8-6-9-21(16-20)17-29-27(31)15-7-11-22-18-30(26-14-5-3-12-24(22)26)19-23-10-2-4-13-25(23)28/h2-6,8-10,12-14,16,18H,7,11,15,17,19H2,1H3,(H,29,31). The van der Waals surface area contributed by atoms with Crippen LogP contribution in [0.5, 0.6) is 0 Å². The first kappa shape index (κ1) is 20.9. The normalized spacial score (nSPS) is 11.0. The second-order valence-electron chi connectivity index (χ2n) is 8.01. The highest BCUT2D eigenvalue weighted by atomic mass is 19.1. The van der Waals surface area contributed by atoms with E-state index in [0.717, 1.165) is 23.9 Å². The number of amides is 1. The molecule has 0 radical (unpaired) electrons. The summed E-state index contributed by atoms with van der Waals surface area (Å²) in [5.41, 5.74) is 5.26. The molecule has 0 aliphatic carbocycles. The molecule has 0 fully saturated rings. The molecule has 4 heteroatoms. The average molecular weight is 415 g/mol. The minimum absolute atomic E-state index is 0.0663. The van der Waals surface area contributed by atoms with Crippen LogP contribution in [0.15, 0.2) is 79.0 Å². The Bertz CT molecular complexity index is 1190. The predicted molar refractivity (Wildman–Crippen MR) is 123 cm³/mol. The number of aryl methyl sites for hydroxylation is 2. The molecule has 4 aromatic rings. The van der Waals surface area contributed by atoms with Crippen molar-refractivity contribution in [1.82, 2.24) is 9.88 Å². The summed E-state index contributed by atoms with van der Waals surface area (Å²) in [6.07, 6.45) is 4.16. The van der Waals surface area contributed by atoms with Gasteiger partial charge in [0.1, 0.15) is 5.82 Å². The third-order valence-corrected chi connectivity index (χ3v) is 5.59. The number of carbonyl (C=O) groups excluding carboxylic acids is 1. The summed E-state index contributed by atoms with van der Waals surface area (Å²) in [6, 6.07) is 23.2. The molecule has 4 rings (SSSR count). The number of para-hydroxylation sites is 1. The van der Waals surface area contributed by atoms with Gasteiger partial charge >= 0.3 is 0 Å². The van der Waals surface area contributed by atoms with E-state index in [1.807, 2.05) is 49.4 Å². The Morgan fingerprint density at radius 2 is 1.77 bits per heavy atom. The van der Waals surface area contributed by atoms with E-state index in [0.29, 0.717) is 25.1 Å². The summed E-state index contributed by atoms with van der Waals surface area (Å²) in [7, 11) is 0. The first-order valence-electron chi connectivity index (χ1n) is 10.7. The zero-order valence-corrected chi connectivity index (χ0v) is 17.8. The smallest absolute Gasteiger partial charge is 0.220 e. The minimum Gasteiger partial charge on any atom is -0.352 e. The fourth-order valence-electron chi connectivity index (χ4n) is 4.01. The van der Waals surface area contributed by atoms with E-state index in [2.05, 4.69) is 34.3 Å². The second-order valence-corrected chi connectivity index (χ2v) is 8.01. The summed E-state index contributed by atoms with van der Waals surface area (Å²) in [5, 5.41) is 4.17. The van der Waals surface area contributed by atoms with Crippen LogP contribution in [-0.4, -0.2) is 10.5 Å². The Kier molecular flexibility index (Phi) is 6.46. The van der Waals surface area contributed by atoms with Crippen LogP contribution in [-0.2, 0) is 24.3 Å². The molecule has 3 nitrogen and oxygen atoms in total. The van der Waals surface area contributed by atoms with Gasteiger partial charge in [-0.1, -0.05) is 66.2 Å². The monoisotopic (exact) mass is 414 g/mol. The minimum atomic E-state index is -0.188. The number of benzene rings is 3. The molecule has 0 bridgehead atoms. The number of carbonyl (C=O) groups is 1. The highest BCUT2D eigenvalue weighted by Gasteiger charge is 2.11. The Labute approximate surface area is 182 Å². The molecule has 0 spiro atoms. The molecule has 1 N–H and O–H groups in total. The van der Waals surface area contributed by atoms with Gasteiger partial charge in [-0.2, -0.15) is 0 Å². The summed E-state index contributed by atoms with van der Waals surface area (Å²) in [5.74, 6) is -0.122. The molecule has 0 saturated carbocycles. The molecule has 1 aromatic heterocycles. The number of nitrogens with zero attached hydrogens (tertiary/aromatic N) is 1. The van der Waals surface area contributed by atoms with E-state index < -0.39 is 0 Å². The Morgan fingerprint density at radius 3 is 2.61 bits per heavy atom. The topological polar surface area (TPSA) is 34.0 Å². The largest absolute Gasteiger partial charge is 0.352 e. The molecule has 0 aliphatic rings. The number of fused-ring (bicyclic) bond motifs is 1. The van der Waals surface area contributed by atoms with Gasteiger partial charge in [0.2, 0.25) is 5.91 Å². The first-order valence-corrected chi connectivity index (χ1v) is 10.7. The SMILES string of the molecule is Cc1cccc(CNC(=O)CCCc2cn(Cc3ccccc3F)c3ccccc23)c1. The van der Waals surface area contributed by atoms with Crippen LogP contribution in [0.4, 0.5) is 4.39 Å². The Morgan fingerprint density at radius 1 is 0.968 bits per heavy atom. The van der Waals surface area contributed by atoms with Crippen LogP contribution in [0.1, 0.15) is 35.1 Å². The summed E-state index contributed by atoms with van der Waals surface area (Å²) >= 11 is 0. The van der Waals surface area contributed by atoms with Crippen molar-refractivity contribution in [3.8, 4) is 0 Å². The molecular weight excluding hydrogens is 387 g/mol. The van der Waals surface area contributed by atoms with E-state index >= 15 is 0 Å². The Balaban J connectivity index is 1.38. The number of rotatable bonds is 8. The van der Waals surface area contributed by atoms with Gasteiger partial charge in [-0.25, -0.2) is 4.39 Å². The van der Waals surface area contributed by atoms with Gasteiger partial charge in [-0.3, -0.25) is 4.79 Å². The lowest BCUT2D eigenvalue weighted by Crippen LogP contribution is -2.22. The van der Waals surface area contributed by atoms with Gasteiger partial charge < -0.3 is 9.88 Å². The van der Waals surface area contributed by atoms with Gasteiger partial charge in [0.15, 0.2) is 0 Å². The first-order chi connectivity index (χ1) is 15.1. The van der Waals surface area contributed by atoms with Crippen molar-refractivity contribution in [3.05, 3.63) is 107 Å². The number of halogens is 1. The third kappa shape index (κ3) is 5.21. The van der Waals surface area contributed by atoms with Crippen molar-refractivity contribution in [3.63, 3.8) is 0 Å². The number of nitrogens with one attached hydrogen (secondary N) is 1. The van der Waals surface area contributed by atoms with E-state index in [-0.39, 0.29) is 11.7 Å². The van der Waals surface area contributed by atoms with E-state index in [1.165, 1.54) is 22.6 Å². The lowest BCUT2D eigenvalue weighted by Gasteiger charge is -2.06. The quantitative estimate of drug-likeness (QED) is 0.390. The zero-order valence-electron chi connectivity index (χ0n) is 17.8. The lowest BCUT2D eigenvalue weighted by atomic mass is 10.1. The van der Waals surface area contributed by atoms with Crippen LogP contribution in [0.25, 0.3) is 10.9 Å². The molecule has 158 valence electrons. The van der Waals surface area contributed by atoms with Crippen LogP contribution in [0.3, 0.4) is 0 Å². The molecule has 1 amide bonds. The summed E-state index contributed by atoms with van der Waals surface area (Å²) in [4.78, 5) is 12.3. The second kappa shape index (κ2) is 9.61. The number of aromatic nitrogens is 1. The highest BCUT2D eigenvalue weighted by molar-refractivity contribution is 5.84.